The van der Waals surface area contributed by atoms with Crippen molar-refractivity contribution in [1.82, 2.24) is 4.90 Å². The Hall–Kier alpha value is -1.19. The molecule has 1 aliphatic heterocycles. The number of carbonyl (C=O) groups excluding carboxylic acids is 3. The molecule has 0 radical (unpaired) electrons. The second-order valence-corrected chi connectivity index (χ2v) is 3.50. The minimum absolute atomic E-state index is 0.129. The third kappa shape index (κ3) is 2.19. The summed E-state index contributed by atoms with van der Waals surface area (Å²) in [5.41, 5.74) is 0. The molecule has 1 rings (SSSR count). The maximum atomic E-state index is 11.4. The van der Waals surface area contributed by atoms with E-state index in [1.807, 2.05) is 6.92 Å². The molecule has 1 atom stereocenters. The third-order valence-corrected chi connectivity index (χ3v) is 2.45. The van der Waals surface area contributed by atoms with Crippen LogP contribution in [-0.2, 0) is 14.4 Å². The molecule has 0 spiro atoms. The third-order valence-electron chi connectivity index (χ3n) is 2.45. The fourth-order valence-electron chi connectivity index (χ4n) is 1.80. The first kappa shape index (κ1) is 10.9. The highest BCUT2D eigenvalue weighted by Gasteiger charge is 2.33. The molecular formula is C10H15NO3. The van der Waals surface area contributed by atoms with Crippen molar-refractivity contribution in [2.24, 2.45) is 0 Å². The first-order valence-electron chi connectivity index (χ1n) is 4.99. The van der Waals surface area contributed by atoms with Gasteiger partial charge in [-0.15, -0.1) is 0 Å². The van der Waals surface area contributed by atoms with Crippen molar-refractivity contribution < 1.29 is 14.4 Å². The lowest BCUT2D eigenvalue weighted by Gasteiger charge is -2.23. The van der Waals surface area contributed by atoms with Crippen molar-refractivity contribution in [3.63, 3.8) is 0 Å². The van der Waals surface area contributed by atoms with Gasteiger partial charge < -0.3 is 4.79 Å². The van der Waals surface area contributed by atoms with Gasteiger partial charge in [0, 0.05) is 25.3 Å². The van der Waals surface area contributed by atoms with Crippen LogP contribution in [0.4, 0.5) is 0 Å². The molecular weight excluding hydrogens is 182 g/mol. The van der Waals surface area contributed by atoms with Crippen LogP contribution in [0.15, 0.2) is 0 Å². The van der Waals surface area contributed by atoms with Gasteiger partial charge in [-0.25, -0.2) is 0 Å². The van der Waals surface area contributed by atoms with Crippen molar-refractivity contribution >= 4 is 18.1 Å². The summed E-state index contributed by atoms with van der Waals surface area (Å²) in [6.07, 6.45) is 3.24. The maximum absolute atomic E-state index is 11.4. The van der Waals surface area contributed by atoms with Crippen LogP contribution in [0.2, 0.25) is 0 Å². The van der Waals surface area contributed by atoms with Gasteiger partial charge >= 0.3 is 0 Å². The summed E-state index contributed by atoms with van der Waals surface area (Å²) in [5.74, 6) is -0.259. The van der Waals surface area contributed by atoms with Crippen LogP contribution >= 0.6 is 0 Å². The van der Waals surface area contributed by atoms with E-state index in [0.717, 1.165) is 19.1 Å². The Morgan fingerprint density at radius 2 is 1.93 bits per heavy atom. The first-order valence-corrected chi connectivity index (χ1v) is 4.99. The zero-order valence-electron chi connectivity index (χ0n) is 8.36. The number of aldehydes is 1. The predicted octanol–water partition coefficient (Wildman–Crippen LogP) is 0.893. The average Bonchev–Trinajstić information content (AvgIpc) is 2.46. The van der Waals surface area contributed by atoms with Gasteiger partial charge in [0.05, 0.1) is 0 Å². The summed E-state index contributed by atoms with van der Waals surface area (Å²) in [6.45, 7) is 1.98. The van der Waals surface area contributed by atoms with Gasteiger partial charge in [-0.1, -0.05) is 13.3 Å². The van der Waals surface area contributed by atoms with Gasteiger partial charge in [0.1, 0.15) is 6.29 Å². The predicted molar refractivity (Wildman–Crippen MR) is 50.5 cm³/mol. The standard InChI is InChI=1S/C10H15NO3/c1-2-3-8(6-7-12)11-9(13)4-5-10(11)14/h7-8H,2-6H2,1H3. The van der Waals surface area contributed by atoms with Crippen molar-refractivity contribution in [2.45, 2.75) is 45.1 Å². The largest absolute Gasteiger partial charge is 0.303 e. The van der Waals surface area contributed by atoms with Gasteiger partial charge in [0.25, 0.3) is 0 Å². The fourth-order valence-corrected chi connectivity index (χ4v) is 1.80. The SMILES string of the molecule is CCCC(CC=O)N1C(=O)CCC1=O. The van der Waals surface area contributed by atoms with E-state index in [4.69, 9.17) is 0 Å². The summed E-state index contributed by atoms with van der Waals surface area (Å²) in [5, 5.41) is 0. The molecule has 1 unspecified atom stereocenters. The highest BCUT2D eigenvalue weighted by Crippen LogP contribution is 2.19. The molecule has 78 valence electrons. The van der Waals surface area contributed by atoms with Crippen LogP contribution in [0.5, 0.6) is 0 Å². The molecule has 0 aromatic rings. The topological polar surface area (TPSA) is 54.5 Å². The highest BCUT2D eigenvalue weighted by molar-refractivity contribution is 6.02. The lowest BCUT2D eigenvalue weighted by molar-refractivity contribution is -0.141. The second kappa shape index (κ2) is 4.88. The van der Waals surface area contributed by atoms with Crippen LogP contribution < -0.4 is 0 Å². The van der Waals surface area contributed by atoms with E-state index in [1.165, 1.54) is 4.90 Å². The molecule has 1 saturated heterocycles. The van der Waals surface area contributed by atoms with Crippen molar-refractivity contribution in [3.05, 3.63) is 0 Å². The van der Waals surface area contributed by atoms with Gasteiger partial charge in [0.2, 0.25) is 11.8 Å². The molecule has 4 heteroatoms. The Balaban J connectivity index is 2.69. The summed E-state index contributed by atoms with van der Waals surface area (Å²) < 4.78 is 0. The number of imide groups is 1. The smallest absolute Gasteiger partial charge is 0.229 e. The van der Waals surface area contributed by atoms with Crippen LogP contribution in [0, 0.1) is 0 Å². The molecule has 1 heterocycles. The Labute approximate surface area is 83.3 Å². The van der Waals surface area contributed by atoms with Crippen molar-refractivity contribution in [2.75, 3.05) is 0 Å². The van der Waals surface area contributed by atoms with Crippen LogP contribution in [0.3, 0.4) is 0 Å². The van der Waals surface area contributed by atoms with Crippen LogP contribution in [0.25, 0.3) is 0 Å². The second-order valence-electron chi connectivity index (χ2n) is 3.50. The Kier molecular flexibility index (Phi) is 3.80. The summed E-state index contributed by atoms with van der Waals surface area (Å²) in [4.78, 5) is 34.4. The zero-order valence-corrected chi connectivity index (χ0v) is 8.36. The lowest BCUT2D eigenvalue weighted by atomic mass is 10.1. The minimum Gasteiger partial charge on any atom is -0.303 e. The van der Waals surface area contributed by atoms with Crippen LogP contribution in [-0.4, -0.2) is 29.0 Å². The van der Waals surface area contributed by atoms with E-state index in [1.54, 1.807) is 0 Å². The summed E-state index contributed by atoms with van der Waals surface area (Å²) >= 11 is 0. The molecule has 0 N–H and O–H groups in total. The zero-order chi connectivity index (χ0) is 10.6. The number of nitrogens with zero attached hydrogens (tertiary/aromatic N) is 1. The van der Waals surface area contributed by atoms with Gasteiger partial charge in [0.15, 0.2) is 0 Å². The van der Waals surface area contributed by atoms with Crippen molar-refractivity contribution in [3.8, 4) is 0 Å². The molecule has 2 amide bonds. The Morgan fingerprint density at radius 1 is 1.36 bits per heavy atom. The van der Waals surface area contributed by atoms with E-state index < -0.39 is 0 Å². The van der Waals surface area contributed by atoms with Gasteiger partial charge in [-0.3, -0.25) is 14.5 Å². The van der Waals surface area contributed by atoms with E-state index >= 15 is 0 Å². The molecule has 4 nitrogen and oxygen atoms in total. The molecule has 0 aromatic heterocycles. The first-order chi connectivity index (χ1) is 6.70. The number of rotatable bonds is 5. The van der Waals surface area contributed by atoms with E-state index in [0.29, 0.717) is 12.8 Å². The van der Waals surface area contributed by atoms with E-state index in [2.05, 4.69) is 0 Å². The number of likely N-dealkylation sites (tertiary alicyclic amines) is 1. The van der Waals surface area contributed by atoms with Gasteiger partial charge in [-0.05, 0) is 6.42 Å². The maximum Gasteiger partial charge on any atom is 0.229 e. The molecule has 0 aromatic carbocycles. The fraction of sp³-hybridized carbons (Fsp3) is 0.700. The summed E-state index contributed by atoms with van der Waals surface area (Å²) in [6, 6.07) is -0.208. The number of hydrogen-bond acceptors (Lipinski definition) is 3. The monoisotopic (exact) mass is 197 g/mol. The quantitative estimate of drug-likeness (QED) is 0.486. The minimum atomic E-state index is -0.208. The molecule has 0 bridgehead atoms. The number of amides is 2. The molecule has 1 fully saturated rings. The van der Waals surface area contributed by atoms with Crippen LogP contribution in [0.1, 0.15) is 39.0 Å². The van der Waals surface area contributed by atoms with Gasteiger partial charge in [-0.2, -0.15) is 0 Å². The van der Waals surface area contributed by atoms with Crippen molar-refractivity contribution in [1.29, 1.82) is 0 Å². The summed E-state index contributed by atoms with van der Waals surface area (Å²) in [7, 11) is 0. The highest BCUT2D eigenvalue weighted by atomic mass is 16.2. The van der Waals surface area contributed by atoms with E-state index in [-0.39, 0.29) is 24.3 Å². The number of carbonyl (C=O) groups is 3. The number of hydrogen-bond donors (Lipinski definition) is 0. The Bertz CT molecular complexity index is 234. The Morgan fingerprint density at radius 3 is 2.36 bits per heavy atom. The van der Waals surface area contributed by atoms with E-state index in [9.17, 15) is 14.4 Å². The molecule has 0 saturated carbocycles. The lowest BCUT2D eigenvalue weighted by Crippen LogP contribution is -2.39. The average molecular weight is 197 g/mol. The molecule has 0 aliphatic carbocycles. The molecule has 1 aliphatic rings. The molecule has 14 heavy (non-hydrogen) atoms. The normalized spacial score (nSPS) is 18.8.